The Morgan fingerprint density at radius 2 is 1.82 bits per heavy atom. The van der Waals surface area contributed by atoms with Gasteiger partial charge in [0.05, 0.1) is 6.10 Å². The van der Waals surface area contributed by atoms with E-state index in [1.807, 2.05) is 0 Å². The summed E-state index contributed by atoms with van der Waals surface area (Å²) in [5.41, 5.74) is 1.46. The van der Waals surface area contributed by atoms with Gasteiger partial charge in [-0.25, -0.2) is 0 Å². The summed E-state index contributed by atoms with van der Waals surface area (Å²) < 4.78 is 0. The first-order chi connectivity index (χ1) is 8.34. The van der Waals surface area contributed by atoms with Gasteiger partial charge in [0.25, 0.3) is 0 Å². The largest absolute Gasteiger partial charge is 0.393 e. The molecule has 1 aromatic rings. The molecule has 0 saturated heterocycles. The lowest BCUT2D eigenvalue weighted by Crippen LogP contribution is -2.00. The Bertz CT molecular complexity index is 307. The van der Waals surface area contributed by atoms with Crippen LogP contribution in [0.2, 0.25) is 0 Å². The van der Waals surface area contributed by atoms with Gasteiger partial charge in [0, 0.05) is 0 Å². The smallest absolute Gasteiger partial charge is 0.0543 e. The van der Waals surface area contributed by atoms with Crippen molar-refractivity contribution in [1.82, 2.24) is 0 Å². The molecule has 0 bridgehead atoms. The fourth-order valence-electron chi connectivity index (χ4n) is 2.89. The molecule has 0 amide bonds. The lowest BCUT2D eigenvalue weighted by atomic mass is 9.98. The number of aryl methyl sites for hydroxylation is 1. The molecule has 1 unspecified atom stereocenters. The van der Waals surface area contributed by atoms with Gasteiger partial charge in [-0.15, -0.1) is 0 Å². The first-order valence-electron chi connectivity index (χ1n) is 7.06. The number of aliphatic hydroxyl groups excluding tert-OH is 1. The van der Waals surface area contributed by atoms with E-state index in [9.17, 15) is 5.11 Å². The average Bonchev–Trinajstić information content (AvgIpc) is 2.76. The molecule has 0 heterocycles. The van der Waals surface area contributed by atoms with Crippen LogP contribution in [0.15, 0.2) is 30.3 Å². The Morgan fingerprint density at radius 3 is 2.53 bits per heavy atom. The van der Waals surface area contributed by atoms with Crippen molar-refractivity contribution in [1.29, 1.82) is 0 Å². The van der Waals surface area contributed by atoms with Crippen LogP contribution in [0.5, 0.6) is 0 Å². The molecule has 0 spiro atoms. The predicted molar refractivity (Wildman–Crippen MR) is 72.0 cm³/mol. The van der Waals surface area contributed by atoms with Crippen molar-refractivity contribution in [2.45, 2.75) is 57.5 Å². The highest BCUT2D eigenvalue weighted by Gasteiger charge is 2.21. The molecular weight excluding hydrogens is 208 g/mol. The van der Waals surface area contributed by atoms with Crippen LogP contribution in [0, 0.1) is 5.92 Å². The van der Waals surface area contributed by atoms with Gasteiger partial charge in [-0.05, 0) is 43.6 Å². The number of benzene rings is 1. The van der Waals surface area contributed by atoms with Crippen LogP contribution in [0.25, 0.3) is 0 Å². The molecule has 0 aromatic heterocycles. The van der Waals surface area contributed by atoms with Crippen molar-refractivity contribution < 1.29 is 5.11 Å². The lowest BCUT2D eigenvalue weighted by Gasteiger charge is -2.08. The molecular formula is C16H24O. The zero-order chi connectivity index (χ0) is 11.9. The lowest BCUT2D eigenvalue weighted by molar-refractivity contribution is 0.176. The fraction of sp³-hybridized carbons (Fsp3) is 0.625. The van der Waals surface area contributed by atoms with Gasteiger partial charge in [-0.3, -0.25) is 0 Å². The minimum absolute atomic E-state index is 0.00400. The highest BCUT2D eigenvalue weighted by atomic mass is 16.3. The summed E-state index contributed by atoms with van der Waals surface area (Å²) in [6, 6.07) is 10.8. The van der Waals surface area contributed by atoms with Crippen molar-refractivity contribution in [2.75, 3.05) is 0 Å². The van der Waals surface area contributed by atoms with Gasteiger partial charge in [-0.2, -0.15) is 0 Å². The molecule has 0 radical (unpaired) electrons. The second-order valence-corrected chi connectivity index (χ2v) is 5.42. The van der Waals surface area contributed by atoms with E-state index in [1.165, 1.54) is 44.1 Å². The van der Waals surface area contributed by atoms with Crippen molar-refractivity contribution >= 4 is 0 Å². The number of rotatable bonds is 6. The maximum absolute atomic E-state index is 9.45. The number of unbranched alkanes of at least 4 members (excludes halogenated alkanes) is 2. The molecule has 0 aliphatic heterocycles. The van der Waals surface area contributed by atoms with Gasteiger partial charge >= 0.3 is 0 Å². The van der Waals surface area contributed by atoms with Gasteiger partial charge < -0.3 is 5.11 Å². The monoisotopic (exact) mass is 232 g/mol. The predicted octanol–water partition coefficient (Wildman–Crippen LogP) is 3.95. The van der Waals surface area contributed by atoms with Gasteiger partial charge in [-0.1, -0.05) is 49.6 Å². The van der Waals surface area contributed by atoms with E-state index >= 15 is 0 Å². The quantitative estimate of drug-likeness (QED) is 0.736. The minimum Gasteiger partial charge on any atom is -0.393 e. The van der Waals surface area contributed by atoms with E-state index < -0.39 is 0 Å². The molecule has 1 aliphatic carbocycles. The summed E-state index contributed by atoms with van der Waals surface area (Å²) in [4.78, 5) is 0. The molecule has 1 nitrogen and oxygen atoms in total. The normalized spacial score (nSPS) is 24.1. The molecule has 17 heavy (non-hydrogen) atoms. The molecule has 2 rings (SSSR count). The molecule has 1 aromatic carbocycles. The maximum Gasteiger partial charge on any atom is 0.0543 e. The molecule has 1 heteroatoms. The number of hydrogen-bond acceptors (Lipinski definition) is 1. The zero-order valence-corrected chi connectivity index (χ0v) is 10.6. The third kappa shape index (κ3) is 4.51. The van der Waals surface area contributed by atoms with Crippen molar-refractivity contribution in [3.63, 3.8) is 0 Å². The molecule has 1 fully saturated rings. The summed E-state index contributed by atoms with van der Waals surface area (Å²) in [5, 5.41) is 9.45. The second-order valence-electron chi connectivity index (χ2n) is 5.42. The van der Waals surface area contributed by atoms with Crippen LogP contribution in [0.4, 0.5) is 0 Å². The average molecular weight is 232 g/mol. The van der Waals surface area contributed by atoms with Crippen LogP contribution < -0.4 is 0 Å². The first-order valence-corrected chi connectivity index (χ1v) is 7.06. The fourth-order valence-corrected chi connectivity index (χ4v) is 2.89. The van der Waals surface area contributed by atoms with E-state index in [2.05, 4.69) is 30.3 Å². The van der Waals surface area contributed by atoms with Crippen LogP contribution in [-0.4, -0.2) is 11.2 Å². The number of aliphatic hydroxyl groups is 1. The Hall–Kier alpha value is -0.820. The van der Waals surface area contributed by atoms with E-state index in [-0.39, 0.29) is 6.10 Å². The van der Waals surface area contributed by atoms with E-state index in [0.717, 1.165) is 18.8 Å². The van der Waals surface area contributed by atoms with Gasteiger partial charge in [0.1, 0.15) is 0 Å². The van der Waals surface area contributed by atoms with Crippen molar-refractivity contribution in [3.8, 4) is 0 Å². The van der Waals surface area contributed by atoms with Crippen molar-refractivity contribution in [2.24, 2.45) is 5.92 Å². The Balaban J connectivity index is 1.52. The molecule has 94 valence electrons. The van der Waals surface area contributed by atoms with E-state index in [4.69, 9.17) is 0 Å². The molecule has 1 aliphatic rings. The highest BCUT2D eigenvalue weighted by Crippen LogP contribution is 2.29. The Labute approximate surface area is 105 Å². The summed E-state index contributed by atoms with van der Waals surface area (Å²) in [6.45, 7) is 0. The maximum atomic E-state index is 9.45. The van der Waals surface area contributed by atoms with Gasteiger partial charge in [0.15, 0.2) is 0 Å². The SMILES string of the molecule is O[C@H]1CCC(CCCCCc2ccccc2)C1. The van der Waals surface area contributed by atoms with Crippen molar-refractivity contribution in [3.05, 3.63) is 35.9 Å². The van der Waals surface area contributed by atoms with Crippen LogP contribution in [0.3, 0.4) is 0 Å². The first kappa shape index (κ1) is 12.6. The molecule has 2 atom stereocenters. The van der Waals surface area contributed by atoms with Crippen LogP contribution in [0.1, 0.15) is 50.5 Å². The summed E-state index contributed by atoms with van der Waals surface area (Å²) >= 11 is 0. The third-order valence-electron chi connectivity index (χ3n) is 3.93. The topological polar surface area (TPSA) is 20.2 Å². The zero-order valence-electron chi connectivity index (χ0n) is 10.6. The molecule has 1 N–H and O–H groups in total. The summed E-state index contributed by atoms with van der Waals surface area (Å²) in [7, 11) is 0. The minimum atomic E-state index is 0.00400. The standard InChI is InChI=1S/C16H24O/c17-16-12-11-15(13-16)10-6-2-5-9-14-7-3-1-4-8-14/h1,3-4,7-8,15-17H,2,5-6,9-13H2/t15?,16-/m0/s1. The van der Waals surface area contributed by atoms with E-state index in [1.54, 1.807) is 0 Å². The third-order valence-corrected chi connectivity index (χ3v) is 3.93. The van der Waals surface area contributed by atoms with E-state index in [0.29, 0.717) is 0 Å². The Kier molecular flexibility index (Phi) is 5.06. The van der Waals surface area contributed by atoms with Crippen LogP contribution in [-0.2, 0) is 6.42 Å². The molecule has 1 saturated carbocycles. The second kappa shape index (κ2) is 6.80. The number of hydrogen-bond donors (Lipinski definition) is 1. The highest BCUT2D eigenvalue weighted by molar-refractivity contribution is 5.14. The summed E-state index contributed by atoms with van der Waals surface area (Å²) in [5.74, 6) is 0.807. The van der Waals surface area contributed by atoms with Gasteiger partial charge in [0.2, 0.25) is 0 Å². The Morgan fingerprint density at radius 1 is 1.00 bits per heavy atom. The van der Waals surface area contributed by atoms with Crippen LogP contribution >= 0.6 is 0 Å². The summed E-state index contributed by atoms with van der Waals surface area (Å²) in [6.07, 6.45) is 9.86.